The van der Waals surface area contributed by atoms with Crippen molar-refractivity contribution in [3.63, 3.8) is 0 Å². The molecule has 1 heterocycles. The Balaban J connectivity index is 2.25. The van der Waals surface area contributed by atoms with Crippen LogP contribution in [0.15, 0.2) is 0 Å². The molecule has 1 fully saturated rings. The summed E-state index contributed by atoms with van der Waals surface area (Å²) in [7, 11) is 2.21. The Morgan fingerprint density at radius 2 is 2.30 bits per heavy atom. The summed E-state index contributed by atoms with van der Waals surface area (Å²) in [6, 6.07) is 0.777. The van der Waals surface area contributed by atoms with Gasteiger partial charge in [0, 0.05) is 6.04 Å². The molecule has 1 rings (SSSR count). The molecule has 10 heavy (non-hydrogen) atoms. The lowest BCUT2D eigenvalue weighted by Gasteiger charge is -2.32. The van der Waals surface area contributed by atoms with Crippen molar-refractivity contribution < 1.29 is 0 Å². The molecule has 0 aromatic rings. The predicted octanol–water partition coefficient (Wildman–Crippen LogP) is 0.820. The molecule has 1 aliphatic heterocycles. The third-order valence-electron chi connectivity index (χ3n) is 2.42. The number of nitrogens with zero attached hydrogens (tertiary/aromatic N) is 1. The van der Waals surface area contributed by atoms with Gasteiger partial charge in [0.2, 0.25) is 0 Å². The molecule has 0 aromatic heterocycles. The lowest BCUT2D eigenvalue weighted by Crippen LogP contribution is -2.37. The van der Waals surface area contributed by atoms with E-state index in [1.165, 1.54) is 32.2 Å². The van der Waals surface area contributed by atoms with Crippen LogP contribution in [0.4, 0.5) is 0 Å². The number of rotatable bonds is 2. The van der Waals surface area contributed by atoms with Gasteiger partial charge in [0.25, 0.3) is 0 Å². The summed E-state index contributed by atoms with van der Waals surface area (Å²) in [5.41, 5.74) is 5.49. The topological polar surface area (TPSA) is 29.3 Å². The van der Waals surface area contributed by atoms with Crippen LogP contribution in [0.3, 0.4) is 0 Å². The molecule has 2 N–H and O–H groups in total. The highest BCUT2D eigenvalue weighted by Gasteiger charge is 2.16. The van der Waals surface area contributed by atoms with Gasteiger partial charge >= 0.3 is 0 Å². The maximum Gasteiger partial charge on any atom is 0.0104 e. The Morgan fingerprint density at radius 1 is 1.50 bits per heavy atom. The second-order valence-electron chi connectivity index (χ2n) is 3.21. The van der Waals surface area contributed by atoms with E-state index in [4.69, 9.17) is 5.73 Å². The van der Waals surface area contributed by atoms with Crippen molar-refractivity contribution in [1.82, 2.24) is 4.90 Å². The van der Waals surface area contributed by atoms with Gasteiger partial charge in [0.05, 0.1) is 0 Å². The fraction of sp³-hybridized carbons (Fsp3) is 1.00. The third-order valence-corrected chi connectivity index (χ3v) is 2.42. The number of nitrogens with two attached hydrogens (primary N) is 1. The molecule has 0 radical (unpaired) electrons. The first-order valence-electron chi connectivity index (χ1n) is 4.25. The fourth-order valence-corrected chi connectivity index (χ4v) is 1.70. The summed E-state index contributed by atoms with van der Waals surface area (Å²) in [5.74, 6) is 0. The van der Waals surface area contributed by atoms with E-state index >= 15 is 0 Å². The van der Waals surface area contributed by atoms with Crippen LogP contribution in [0, 0.1) is 0 Å². The van der Waals surface area contributed by atoms with Crippen LogP contribution in [0.25, 0.3) is 0 Å². The van der Waals surface area contributed by atoms with Crippen molar-refractivity contribution in [2.45, 2.75) is 31.7 Å². The van der Waals surface area contributed by atoms with E-state index in [1.54, 1.807) is 0 Å². The zero-order valence-electron chi connectivity index (χ0n) is 6.84. The Morgan fingerprint density at radius 3 is 2.90 bits per heavy atom. The van der Waals surface area contributed by atoms with Crippen molar-refractivity contribution in [2.75, 3.05) is 20.1 Å². The van der Waals surface area contributed by atoms with E-state index in [1.807, 2.05) is 0 Å². The highest BCUT2D eigenvalue weighted by atomic mass is 15.1. The Labute approximate surface area is 63.4 Å². The van der Waals surface area contributed by atoms with Crippen LogP contribution in [0.5, 0.6) is 0 Å². The predicted molar refractivity (Wildman–Crippen MR) is 43.9 cm³/mol. The van der Waals surface area contributed by atoms with Gasteiger partial charge in [-0.2, -0.15) is 0 Å². The number of hydrogen-bond donors (Lipinski definition) is 1. The van der Waals surface area contributed by atoms with Gasteiger partial charge in [-0.15, -0.1) is 0 Å². The lowest BCUT2D eigenvalue weighted by molar-refractivity contribution is 0.178. The summed E-state index contributed by atoms with van der Waals surface area (Å²) >= 11 is 0. The van der Waals surface area contributed by atoms with Gasteiger partial charge in [0.15, 0.2) is 0 Å². The van der Waals surface area contributed by atoms with Crippen molar-refractivity contribution in [2.24, 2.45) is 5.73 Å². The monoisotopic (exact) mass is 142 g/mol. The highest BCUT2D eigenvalue weighted by molar-refractivity contribution is 4.73. The van der Waals surface area contributed by atoms with E-state index < -0.39 is 0 Å². The lowest BCUT2D eigenvalue weighted by atomic mass is 10.0. The minimum absolute atomic E-state index is 0.777. The Bertz CT molecular complexity index is 91.3. The molecule has 60 valence electrons. The number of piperidine rings is 1. The summed E-state index contributed by atoms with van der Waals surface area (Å²) in [4.78, 5) is 2.44. The molecular formula is C8H18N2. The van der Waals surface area contributed by atoms with E-state index in [-0.39, 0.29) is 0 Å². The zero-order valence-corrected chi connectivity index (χ0v) is 6.84. The molecule has 1 atom stereocenters. The van der Waals surface area contributed by atoms with E-state index in [2.05, 4.69) is 11.9 Å². The van der Waals surface area contributed by atoms with Crippen molar-refractivity contribution in [1.29, 1.82) is 0 Å². The minimum Gasteiger partial charge on any atom is -0.330 e. The molecule has 2 heteroatoms. The zero-order chi connectivity index (χ0) is 7.40. The van der Waals surface area contributed by atoms with Crippen LogP contribution in [0.1, 0.15) is 25.7 Å². The van der Waals surface area contributed by atoms with Crippen LogP contribution in [-0.4, -0.2) is 31.1 Å². The molecule has 0 unspecified atom stereocenters. The summed E-state index contributed by atoms with van der Waals surface area (Å²) in [6.45, 7) is 2.11. The van der Waals surface area contributed by atoms with Gasteiger partial charge in [0.1, 0.15) is 0 Å². The number of likely N-dealkylation sites (tertiary alicyclic amines) is 1. The van der Waals surface area contributed by atoms with Gasteiger partial charge < -0.3 is 10.6 Å². The largest absolute Gasteiger partial charge is 0.330 e. The SMILES string of the molecule is CN1CCCC[C@@H]1CCN. The van der Waals surface area contributed by atoms with Gasteiger partial charge in [-0.3, -0.25) is 0 Å². The summed E-state index contributed by atoms with van der Waals surface area (Å²) < 4.78 is 0. The van der Waals surface area contributed by atoms with E-state index in [9.17, 15) is 0 Å². The molecule has 1 saturated heterocycles. The smallest absolute Gasteiger partial charge is 0.0104 e. The third kappa shape index (κ3) is 1.96. The second-order valence-corrected chi connectivity index (χ2v) is 3.21. The second kappa shape index (κ2) is 3.94. The normalized spacial score (nSPS) is 28.8. The quantitative estimate of drug-likeness (QED) is 0.618. The molecule has 0 spiro atoms. The molecule has 2 nitrogen and oxygen atoms in total. The average Bonchev–Trinajstić information content (AvgIpc) is 1.94. The molecule has 0 saturated carbocycles. The maximum atomic E-state index is 5.49. The van der Waals surface area contributed by atoms with Crippen LogP contribution in [0.2, 0.25) is 0 Å². The van der Waals surface area contributed by atoms with Crippen molar-refractivity contribution in [3.8, 4) is 0 Å². The first kappa shape index (κ1) is 8.02. The van der Waals surface area contributed by atoms with Gasteiger partial charge in [-0.25, -0.2) is 0 Å². The van der Waals surface area contributed by atoms with Crippen LogP contribution in [-0.2, 0) is 0 Å². The molecule has 0 aliphatic carbocycles. The molecule has 1 aliphatic rings. The first-order valence-corrected chi connectivity index (χ1v) is 4.25. The summed E-state index contributed by atoms with van der Waals surface area (Å²) in [5, 5.41) is 0. The van der Waals surface area contributed by atoms with E-state index in [0.29, 0.717) is 0 Å². The fourth-order valence-electron chi connectivity index (χ4n) is 1.70. The highest BCUT2D eigenvalue weighted by Crippen LogP contribution is 2.16. The minimum atomic E-state index is 0.777. The first-order chi connectivity index (χ1) is 4.84. The molecule has 0 amide bonds. The van der Waals surface area contributed by atoms with Gasteiger partial charge in [-0.1, -0.05) is 6.42 Å². The standard InChI is InChI=1S/C8H18N2/c1-10-7-3-2-4-8(10)5-6-9/h8H,2-7,9H2,1H3/t8-/m1/s1. The van der Waals surface area contributed by atoms with Crippen molar-refractivity contribution >= 4 is 0 Å². The molecular weight excluding hydrogens is 124 g/mol. The number of hydrogen-bond acceptors (Lipinski definition) is 2. The van der Waals surface area contributed by atoms with E-state index in [0.717, 1.165) is 12.6 Å². The molecule has 0 aromatic carbocycles. The Hall–Kier alpha value is -0.0800. The van der Waals surface area contributed by atoms with Crippen molar-refractivity contribution in [3.05, 3.63) is 0 Å². The van der Waals surface area contributed by atoms with Gasteiger partial charge in [-0.05, 0) is 39.4 Å². The maximum absolute atomic E-state index is 5.49. The van der Waals surface area contributed by atoms with Crippen LogP contribution >= 0.6 is 0 Å². The van der Waals surface area contributed by atoms with Crippen LogP contribution < -0.4 is 5.73 Å². The Kier molecular flexibility index (Phi) is 3.16. The molecule has 0 bridgehead atoms. The summed E-state index contributed by atoms with van der Waals surface area (Å²) in [6.07, 6.45) is 5.30. The average molecular weight is 142 g/mol.